The summed E-state index contributed by atoms with van der Waals surface area (Å²) in [5, 5.41) is 2.82. The van der Waals surface area contributed by atoms with E-state index in [0.717, 1.165) is 39.3 Å². The summed E-state index contributed by atoms with van der Waals surface area (Å²) in [5.41, 5.74) is 5.21. The molecule has 1 heterocycles. The lowest BCUT2D eigenvalue weighted by atomic mass is 10.2. The average Bonchev–Trinajstić information content (AvgIpc) is 2.33. The maximum absolute atomic E-state index is 11.7. The first-order valence-corrected chi connectivity index (χ1v) is 6.90. The first-order chi connectivity index (χ1) is 8.90. The van der Waals surface area contributed by atoms with Gasteiger partial charge in [-0.1, -0.05) is 0 Å². The Bertz CT molecular complexity index is 273. The van der Waals surface area contributed by atoms with Crippen molar-refractivity contribution >= 4 is 6.09 Å². The molecule has 1 unspecified atom stereocenters. The number of hydrogen-bond donors (Lipinski definition) is 2. The summed E-state index contributed by atoms with van der Waals surface area (Å²) in [5.74, 6) is 0. The monoisotopic (exact) mass is 273 g/mol. The molecule has 0 radical (unpaired) electrons. The third-order valence-electron chi connectivity index (χ3n) is 2.90. The van der Waals surface area contributed by atoms with Crippen molar-refractivity contribution in [3.63, 3.8) is 0 Å². The quantitative estimate of drug-likeness (QED) is 0.765. The maximum Gasteiger partial charge on any atom is 0.407 e. The highest BCUT2D eigenvalue weighted by atomic mass is 16.6. The highest BCUT2D eigenvalue weighted by Gasteiger charge is 2.19. The van der Waals surface area contributed by atoms with Crippen LogP contribution in [0.1, 0.15) is 27.2 Å². The SMILES string of the molecule is CC(C)(C)OC(=O)NC(CN)CCN1CCOCC1. The molecule has 1 atom stereocenters. The van der Waals surface area contributed by atoms with Gasteiger partial charge in [-0.05, 0) is 27.2 Å². The number of rotatable bonds is 5. The lowest BCUT2D eigenvalue weighted by Gasteiger charge is -2.28. The fourth-order valence-corrected chi connectivity index (χ4v) is 1.89. The zero-order valence-electron chi connectivity index (χ0n) is 12.3. The predicted octanol–water partition coefficient (Wildman–Crippen LogP) is 0.561. The first-order valence-electron chi connectivity index (χ1n) is 6.90. The highest BCUT2D eigenvalue weighted by Crippen LogP contribution is 2.07. The molecule has 0 aromatic carbocycles. The van der Waals surface area contributed by atoms with Crippen LogP contribution in [0, 0.1) is 0 Å². The number of amides is 1. The molecule has 0 bridgehead atoms. The van der Waals surface area contributed by atoms with Crippen molar-refractivity contribution in [2.45, 2.75) is 38.8 Å². The van der Waals surface area contributed by atoms with Crippen LogP contribution < -0.4 is 11.1 Å². The smallest absolute Gasteiger partial charge is 0.407 e. The number of hydrogen-bond acceptors (Lipinski definition) is 5. The first kappa shape index (κ1) is 16.2. The zero-order valence-corrected chi connectivity index (χ0v) is 12.3. The Morgan fingerprint density at radius 3 is 2.58 bits per heavy atom. The molecule has 0 aromatic rings. The van der Waals surface area contributed by atoms with Gasteiger partial charge in [-0.25, -0.2) is 4.79 Å². The van der Waals surface area contributed by atoms with Crippen molar-refractivity contribution in [2.24, 2.45) is 5.73 Å². The molecule has 1 aliphatic rings. The summed E-state index contributed by atoms with van der Waals surface area (Å²) in [6, 6.07) is -0.0438. The second-order valence-electron chi connectivity index (χ2n) is 5.82. The van der Waals surface area contributed by atoms with Gasteiger partial charge in [-0.15, -0.1) is 0 Å². The maximum atomic E-state index is 11.7. The van der Waals surface area contributed by atoms with E-state index in [2.05, 4.69) is 10.2 Å². The molecule has 1 saturated heterocycles. The van der Waals surface area contributed by atoms with Crippen LogP contribution in [0.15, 0.2) is 0 Å². The standard InChI is InChI=1S/C13H27N3O3/c1-13(2,3)19-12(17)15-11(10-14)4-5-16-6-8-18-9-7-16/h11H,4-10,14H2,1-3H3,(H,15,17). The fraction of sp³-hybridized carbons (Fsp3) is 0.923. The molecule has 3 N–H and O–H groups in total. The van der Waals surface area contributed by atoms with Crippen LogP contribution in [0.25, 0.3) is 0 Å². The van der Waals surface area contributed by atoms with Gasteiger partial charge in [0.1, 0.15) is 5.60 Å². The summed E-state index contributed by atoms with van der Waals surface area (Å²) in [6.45, 7) is 10.3. The Labute approximate surface area is 115 Å². The van der Waals surface area contributed by atoms with Crippen molar-refractivity contribution in [3.05, 3.63) is 0 Å². The van der Waals surface area contributed by atoms with Crippen LogP contribution in [0.2, 0.25) is 0 Å². The Kier molecular flexibility index (Phi) is 6.54. The lowest BCUT2D eigenvalue weighted by Crippen LogP contribution is -2.45. The number of carbonyl (C=O) groups excluding carboxylic acids is 1. The second-order valence-corrected chi connectivity index (χ2v) is 5.82. The number of nitrogens with zero attached hydrogens (tertiary/aromatic N) is 1. The van der Waals surface area contributed by atoms with Crippen LogP contribution in [0.3, 0.4) is 0 Å². The van der Waals surface area contributed by atoms with Crippen molar-refractivity contribution in [3.8, 4) is 0 Å². The van der Waals surface area contributed by atoms with Gasteiger partial charge in [0, 0.05) is 32.2 Å². The third kappa shape index (κ3) is 7.34. The number of alkyl carbamates (subject to hydrolysis) is 1. The Balaban J connectivity index is 2.26. The van der Waals surface area contributed by atoms with Crippen molar-refractivity contribution in [1.82, 2.24) is 10.2 Å². The minimum atomic E-state index is -0.479. The Hall–Kier alpha value is -0.850. The van der Waals surface area contributed by atoms with Gasteiger partial charge in [0.05, 0.1) is 13.2 Å². The van der Waals surface area contributed by atoms with Crippen LogP contribution >= 0.6 is 0 Å². The van der Waals surface area contributed by atoms with Gasteiger partial charge < -0.3 is 20.5 Å². The zero-order chi connectivity index (χ0) is 14.3. The molecular formula is C13H27N3O3. The van der Waals surface area contributed by atoms with Gasteiger partial charge in [0.15, 0.2) is 0 Å². The number of nitrogens with one attached hydrogen (secondary N) is 1. The minimum absolute atomic E-state index is 0.0438. The molecule has 19 heavy (non-hydrogen) atoms. The lowest BCUT2D eigenvalue weighted by molar-refractivity contribution is 0.0343. The largest absolute Gasteiger partial charge is 0.444 e. The number of ether oxygens (including phenoxy) is 2. The van der Waals surface area contributed by atoms with Gasteiger partial charge >= 0.3 is 6.09 Å². The predicted molar refractivity (Wildman–Crippen MR) is 74.1 cm³/mol. The fourth-order valence-electron chi connectivity index (χ4n) is 1.89. The molecule has 0 saturated carbocycles. The van der Waals surface area contributed by atoms with Crippen LogP contribution in [-0.4, -0.2) is 62.0 Å². The molecule has 1 rings (SSSR count). The molecule has 0 aromatic heterocycles. The van der Waals surface area contributed by atoms with Crippen molar-refractivity contribution < 1.29 is 14.3 Å². The van der Waals surface area contributed by atoms with E-state index in [1.54, 1.807) is 0 Å². The average molecular weight is 273 g/mol. The van der Waals surface area contributed by atoms with Crippen LogP contribution in [0.5, 0.6) is 0 Å². The molecule has 6 heteroatoms. The van der Waals surface area contributed by atoms with E-state index in [9.17, 15) is 4.79 Å². The van der Waals surface area contributed by atoms with Gasteiger partial charge in [0.25, 0.3) is 0 Å². The van der Waals surface area contributed by atoms with E-state index in [-0.39, 0.29) is 6.04 Å². The molecule has 1 fully saturated rings. The van der Waals surface area contributed by atoms with Gasteiger partial charge in [0.2, 0.25) is 0 Å². The normalized spacial score (nSPS) is 18.9. The molecule has 0 aliphatic carbocycles. The molecule has 6 nitrogen and oxygen atoms in total. The van der Waals surface area contributed by atoms with Gasteiger partial charge in [-0.2, -0.15) is 0 Å². The van der Waals surface area contributed by atoms with E-state index < -0.39 is 11.7 Å². The second kappa shape index (κ2) is 7.67. The minimum Gasteiger partial charge on any atom is -0.444 e. The van der Waals surface area contributed by atoms with Crippen molar-refractivity contribution in [1.29, 1.82) is 0 Å². The van der Waals surface area contributed by atoms with Crippen LogP contribution in [0.4, 0.5) is 4.79 Å². The summed E-state index contributed by atoms with van der Waals surface area (Å²) in [7, 11) is 0. The summed E-state index contributed by atoms with van der Waals surface area (Å²) in [4.78, 5) is 14.0. The summed E-state index contributed by atoms with van der Waals surface area (Å²) < 4.78 is 10.5. The molecular weight excluding hydrogens is 246 g/mol. The van der Waals surface area contributed by atoms with E-state index in [1.165, 1.54) is 0 Å². The number of nitrogens with two attached hydrogens (primary N) is 1. The highest BCUT2D eigenvalue weighted by molar-refractivity contribution is 5.68. The third-order valence-corrected chi connectivity index (χ3v) is 2.90. The molecule has 0 spiro atoms. The molecule has 1 amide bonds. The Morgan fingerprint density at radius 2 is 2.05 bits per heavy atom. The van der Waals surface area contributed by atoms with Crippen LogP contribution in [-0.2, 0) is 9.47 Å². The van der Waals surface area contributed by atoms with E-state index in [0.29, 0.717) is 6.54 Å². The topological polar surface area (TPSA) is 76.8 Å². The van der Waals surface area contributed by atoms with E-state index >= 15 is 0 Å². The summed E-state index contributed by atoms with van der Waals surface area (Å²) >= 11 is 0. The number of carbonyl (C=O) groups is 1. The summed E-state index contributed by atoms with van der Waals surface area (Å²) in [6.07, 6.45) is 0.431. The van der Waals surface area contributed by atoms with E-state index in [4.69, 9.17) is 15.2 Å². The molecule has 1 aliphatic heterocycles. The van der Waals surface area contributed by atoms with Gasteiger partial charge in [-0.3, -0.25) is 4.90 Å². The van der Waals surface area contributed by atoms with Crippen molar-refractivity contribution in [2.75, 3.05) is 39.4 Å². The molecule has 112 valence electrons. The Morgan fingerprint density at radius 1 is 1.42 bits per heavy atom. The van der Waals surface area contributed by atoms with E-state index in [1.807, 2.05) is 20.8 Å². The number of morpholine rings is 1.